The molecule has 1 atom stereocenters. The van der Waals surface area contributed by atoms with Gasteiger partial charge in [-0.2, -0.15) is 0 Å². The summed E-state index contributed by atoms with van der Waals surface area (Å²) in [6.07, 6.45) is -2.93. The van der Waals surface area contributed by atoms with Crippen molar-refractivity contribution in [3.63, 3.8) is 0 Å². The largest absolute Gasteiger partial charge is 0.388 e. The zero-order chi connectivity index (χ0) is 13.1. The number of thiophene rings is 1. The van der Waals surface area contributed by atoms with E-state index in [9.17, 15) is 13.9 Å². The summed E-state index contributed by atoms with van der Waals surface area (Å²) in [7, 11) is 0. The molecule has 96 valence electrons. The van der Waals surface area contributed by atoms with Gasteiger partial charge in [-0.3, -0.25) is 0 Å². The van der Waals surface area contributed by atoms with Crippen molar-refractivity contribution < 1.29 is 13.9 Å². The molecule has 0 bridgehead atoms. The van der Waals surface area contributed by atoms with E-state index in [0.29, 0.717) is 16.3 Å². The van der Waals surface area contributed by atoms with E-state index in [1.165, 1.54) is 29.5 Å². The summed E-state index contributed by atoms with van der Waals surface area (Å²) in [6, 6.07) is 9.44. The molecule has 0 aliphatic carbocycles. The zero-order valence-corrected chi connectivity index (χ0v) is 10.9. The van der Waals surface area contributed by atoms with Gasteiger partial charge in [-0.15, -0.1) is 11.3 Å². The van der Waals surface area contributed by atoms with Crippen LogP contribution in [0.4, 0.5) is 8.78 Å². The molecule has 5 heteroatoms. The summed E-state index contributed by atoms with van der Waals surface area (Å²) in [5.41, 5.74) is 0.424. The Hall–Kier alpha value is -0.970. The van der Waals surface area contributed by atoms with Crippen LogP contribution in [-0.4, -0.2) is 5.11 Å². The van der Waals surface area contributed by atoms with Crippen molar-refractivity contribution in [3.8, 4) is 0 Å². The molecule has 0 spiro atoms. The molecule has 1 aromatic heterocycles. The van der Waals surface area contributed by atoms with Gasteiger partial charge in [0.05, 0.1) is 10.4 Å². The first-order chi connectivity index (χ1) is 8.56. The molecule has 0 aliphatic heterocycles. The number of halogens is 3. The smallest absolute Gasteiger partial charge is 0.263 e. The lowest BCUT2D eigenvalue weighted by atomic mass is 10.0. The Bertz CT molecular complexity index is 527. The zero-order valence-electron chi connectivity index (χ0n) is 9.32. The van der Waals surface area contributed by atoms with E-state index in [1.807, 2.05) is 6.07 Å². The molecular formula is C13H11ClF2OS. The van der Waals surface area contributed by atoms with Crippen LogP contribution in [0.2, 0.25) is 4.34 Å². The van der Waals surface area contributed by atoms with E-state index in [0.717, 1.165) is 4.88 Å². The fourth-order valence-electron chi connectivity index (χ4n) is 1.67. The minimum absolute atomic E-state index is 0.0734. The van der Waals surface area contributed by atoms with Crippen LogP contribution in [0.15, 0.2) is 36.4 Å². The molecule has 2 aromatic rings. The first-order valence-electron chi connectivity index (χ1n) is 5.36. The molecule has 1 unspecified atom stereocenters. The van der Waals surface area contributed by atoms with Crippen molar-refractivity contribution >= 4 is 22.9 Å². The standard InChI is InChI=1S/C13H11ClF2OS/c14-12-5-4-10(18-12)7-11(17)8-2-1-3-9(6-8)13(15)16/h1-6,11,13,17H,7H2. The highest BCUT2D eigenvalue weighted by molar-refractivity contribution is 7.16. The molecule has 2 rings (SSSR count). The number of rotatable bonds is 4. The van der Waals surface area contributed by atoms with Gasteiger partial charge < -0.3 is 5.11 Å². The number of hydrogen-bond donors (Lipinski definition) is 1. The van der Waals surface area contributed by atoms with Crippen molar-refractivity contribution in [1.82, 2.24) is 0 Å². The van der Waals surface area contributed by atoms with Crippen LogP contribution >= 0.6 is 22.9 Å². The third-order valence-electron chi connectivity index (χ3n) is 2.57. The maximum Gasteiger partial charge on any atom is 0.263 e. The van der Waals surface area contributed by atoms with Crippen LogP contribution in [0.25, 0.3) is 0 Å². The van der Waals surface area contributed by atoms with Gasteiger partial charge in [-0.05, 0) is 23.8 Å². The quantitative estimate of drug-likeness (QED) is 0.871. The first kappa shape index (κ1) is 13.5. The molecule has 0 saturated carbocycles. The lowest BCUT2D eigenvalue weighted by molar-refractivity contribution is 0.150. The van der Waals surface area contributed by atoms with E-state index in [4.69, 9.17) is 11.6 Å². The second-order valence-corrected chi connectivity index (χ2v) is 5.70. The summed E-state index contributed by atoms with van der Waals surface area (Å²) in [6.45, 7) is 0. The van der Waals surface area contributed by atoms with Gasteiger partial charge in [0.25, 0.3) is 6.43 Å². The molecule has 1 aromatic carbocycles. The van der Waals surface area contributed by atoms with Crippen LogP contribution in [0.5, 0.6) is 0 Å². The van der Waals surface area contributed by atoms with Gasteiger partial charge in [0.2, 0.25) is 0 Å². The van der Waals surface area contributed by atoms with Crippen molar-refractivity contribution in [2.24, 2.45) is 0 Å². The molecule has 0 fully saturated rings. The lowest BCUT2D eigenvalue weighted by Crippen LogP contribution is -2.01. The Labute approximate surface area is 113 Å². The predicted molar refractivity (Wildman–Crippen MR) is 69.4 cm³/mol. The predicted octanol–water partition coefficient (Wildman–Crippen LogP) is 4.62. The van der Waals surface area contributed by atoms with E-state index < -0.39 is 12.5 Å². The number of aliphatic hydroxyl groups excluding tert-OH is 1. The van der Waals surface area contributed by atoms with Gasteiger partial charge >= 0.3 is 0 Å². The molecule has 1 N–H and O–H groups in total. The summed E-state index contributed by atoms with van der Waals surface area (Å²) >= 11 is 7.17. The Morgan fingerprint density at radius 3 is 2.50 bits per heavy atom. The highest BCUT2D eigenvalue weighted by atomic mass is 35.5. The van der Waals surface area contributed by atoms with Crippen LogP contribution in [-0.2, 0) is 6.42 Å². The summed E-state index contributed by atoms with van der Waals surface area (Å²) in [5.74, 6) is 0. The van der Waals surface area contributed by atoms with E-state index >= 15 is 0 Å². The first-order valence-corrected chi connectivity index (χ1v) is 6.56. The molecule has 1 nitrogen and oxygen atoms in total. The Morgan fingerprint density at radius 1 is 1.17 bits per heavy atom. The molecular weight excluding hydrogens is 278 g/mol. The average molecular weight is 289 g/mol. The molecule has 0 radical (unpaired) electrons. The lowest BCUT2D eigenvalue weighted by Gasteiger charge is -2.11. The van der Waals surface area contributed by atoms with Crippen molar-refractivity contribution in [3.05, 3.63) is 56.7 Å². The van der Waals surface area contributed by atoms with E-state index in [1.54, 1.807) is 12.1 Å². The van der Waals surface area contributed by atoms with Crippen LogP contribution < -0.4 is 0 Å². The van der Waals surface area contributed by atoms with Crippen LogP contribution in [0.3, 0.4) is 0 Å². The third kappa shape index (κ3) is 3.28. The SMILES string of the molecule is OC(Cc1ccc(Cl)s1)c1cccc(C(F)F)c1. The number of hydrogen-bond acceptors (Lipinski definition) is 2. The van der Waals surface area contributed by atoms with Gasteiger partial charge in [-0.1, -0.05) is 29.8 Å². The molecule has 18 heavy (non-hydrogen) atoms. The van der Waals surface area contributed by atoms with E-state index in [2.05, 4.69) is 0 Å². The van der Waals surface area contributed by atoms with Crippen LogP contribution in [0.1, 0.15) is 28.5 Å². The summed E-state index contributed by atoms with van der Waals surface area (Å²) < 4.78 is 25.7. The third-order valence-corrected chi connectivity index (χ3v) is 3.82. The van der Waals surface area contributed by atoms with Crippen molar-refractivity contribution in [1.29, 1.82) is 0 Å². The minimum Gasteiger partial charge on any atom is -0.388 e. The fourth-order valence-corrected chi connectivity index (χ4v) is 2.80. The fraction of sp³-hybridized carbons (Fsp3) is 0.231. The Balaban J connectivity index is 2.13. The normalized spacial score (nSPS) is 12.9. The highest BCUT2D eigenvalue weighted by Crippen LogP contribution is 2.28. The maximum absolute atomic E-state index is 12.5. The molecule has 0 aliphatic rings. The second kappa shape index (κ2) is 5.78. The Morgan fingerprint density at radius 2 is 1.89 bits per heavy atom. The maximum atomic E-state index is 12.5. The van der Waals surface area contributed by atoms with Crippen molar-refractivity contribution in [2.75, 3.05) is 0 Å². The van der Waals surface area contributed by atoms with Crippen molar-refractivity contribution in [2.45, 2.75) is 19.0 Å². The highest BCUT2D eigenvalue weighted by Gasteiger charge is 2.13. The summed E-state index contributed by atoms with van der Waals surface area (Å²) in [5, 5.41) is 10.0. The van der Waals surface area contributed by atoms with Gasteiger partial charge in [0.1, 0.15) is 0 Å². The summed E-state index contributed by atoms with van der Waals surface area (Å²) in [4.78, 5) is 0.926. The molecule has 0 saturated heterocycles. The van der Waals surface area contributed by atoms with Gasteiger partial charge in [0.15, 0.2) is 0 Å². The number of aliphatic hydroxyl groups is 1. The Kier molecular flexibility index (Phi) is 4.32. The van der Waals surface area contributed by atoms with Gasteiger partial charge in [-0.25, -0.2) is 8.78 Å². The van der Waals surface area contributed by atoms with Crippen LogP contribution in [0, 0.1) is 0 Å². The van der Waals surface area contributed by atoms with E-state index in [-0.39, 0.29) is 5.56 Å². The average Bonchev–Trinajstić information content (AvgIpc) is 2.75. The second-order valence-electron chi connectivity index (χ2n) is 3.90. The van der Waals surface area contributed by atoms with Gasteiger partial charge in [0, 0.05) is 16.9 Å². The number of alkyl halides is 2. The topological polar surface area (TPSA) is 20.2 Å². The monoisotopic (exact) mass is 288 g/mol. The number of benzene rings is 1. The minimum atomic E-state index is -2.52. The molecule has 1 heterocycles. The molecule has 0 amide bonds.